The third kappa shape index (κ3) is 4.32. The van der Waals surface area contributed by atoms with Gasteiger partial charge in [0.1, 0.15) is 11.2 Å². The first-order valence-electron chi connectivity index (χ1n) is 12.4. The number of nitrogens with zero attached hydrogens (tertiary/aromatic N) is 1. The Kier molecular flexibility index (Phi) is 6.06. The minimum Gasteiger partial charge on any atom is -0.490 e. The Morgan fingerprint density at radius 2 is 1.92 bits per heavy atom. The van der Waals surface area contributed by atoms with Crippen molar-refractivity contribution in [2.75, 3.05) is 25.5 Å². The van der Waals surface area contributed by atoms with Crippen LogP contribution in [0.1, 0.15) is 49.8 Å². The second-order valence-corrected chi connectivity index (χ2v) is 10.4. The van der Waals surface area contributed by atoms with Gasteiger partial charge in [-0.3, -0.25) is 4.79 Å². The van der Waals surface area contributed by atoms with Crippen LogP contribution in [-0.2, 0) is 13.0 Å². The molecule has 3 aromatic carbocycles. The van der Waals surface area contributed by atoms with Crippen molar-refractivity contribution in [2.45, 2.75) is 26.1 Å². The van der Waals surface area contributed by atoms with Crippen LogP contribution in [0.15, 0.2) is 60.7 Å². The third-order valence-corrected chi connectivity index (χ3v) is 7.99. The fourth-order valence-corrected chi connectivity index (χ4v) is 6.38. The van der Waals surface area contributed by atoms with Crippen LogP contribution in [0.4, 0.5) is 5.00 Å². The SMILES string of the molecule is CCOc1cc([C@H]2NC(=O)c3c(sc4c3CCN(C)C4)N2)ccc1OC(=O)c1cccc2ccccc12. The Balaban J connectivity index is 1.27. The highest BCUT2D eigenvalue weighted by Crippen LogP contribution is 2.41. The summed E-state index contributed by atoms with van der Waals surface area (Å²) >= 11 is 1.65. The van der Waals surface area contributed by atoms with Gasteiger partial charge in [-0.05, 0) is 60.5 Å². The van der Waals surface area contributed by atoms with Gasteiger partial charge in [0.2, 0.25) is 0 Å². The van der Waals surface area contributed by atoms with Gasteiger partial charge in [0.25, 0.3) is 5.91 Å². The zero-order chi connectivity index (χ0) is 25.5. The fourth-order valence-electron chi connectivity index (χ4n) is 5.03. The van der Waals surface area contributed by atoms with Crippen molar-refractivity contribution in [3.63, 3.8) is 0 Å². The van der Waals surface area contributed by atoms with E-state index in [1.165, 1.54) is 4.88 Å². The lowest BCUT2D eigenvalue weighted by Gasteiger charge is -2.28. The molecule has 0 bridgehead atoms. The van der Waals surface area contributed by atoms with Gasteiger partial charge in [0.15, 0.2) is 11.5 Å². The van der Waals surface area contributed by atoms with Crippen LogP contribution in [-0.4, -0.2) is 37.0 Å². The molecule has 0 saturated heterocycles. The Morgan fingerprint density at radius 1 is 1.08 bits per heavy atom. The van der Waals surface area contributed by atoms with Gasteiger partial charge in [-0.1, -0.05) is 42.5 Å². The van der Waals surface area contributed by atoms with Gasteiger partial charge in [0.05, 0.1) is 17.7 Å². The summed E-state index contributed by atoms with van der Waals surface area (Å²) < 4.78 is 11.6. The van der Waals surface area contributed by atoms with E-state index in [2.05, 4.69) is 22.6 Å². The molecule has 8 heteroatoms. The summed E-state index contributed by atoms with van der Waals surface area (Å²) in [5.74, 6) is 0.266. The molecular weight excluding hydrogens is 486 g/mol. The van der Waals surface area contributed by atoms with E-state index >= 15 is 0 Å². The molecule has 1 atom stereocenters. The maximum Gasteiger partial charge on any atom is 0.344 e. The smallest absolute Gasteiger partial charge is 0.344 e. The summed E-state index contributed by atoms with van der Waals surface area (Å²) in [6.45, 7) is 4.09. The van der Waals surface area contributed by atoms with Crippen molar-refractivity contribution >= 4 is 39.0 Å². The van der Waals surface area contributed by atoms with Crippen LogP contribution in [0.25, 0.3) is 10.8 Å². The molecule has 3 heterocycles. The molecule has 1 amide bonds. The lowest BCUT2D eigenvalue weighted by molar-refractivity contribution is 0.0730. The Labute approximate surface area is 219 Å². The third-order valence-electron chi connectivity index (χ3n) is 6.84. The maximum atomic E-state index is 13.1. The molecule has 1 aromatic heterocycles. The first kappa shape index (κ1) is 23.5. The molecule has 4 aromatic rings. The number of fused-ring (bicyclic) bond motifs is 4. The highest BCUT2D eigenvalue weighted by atomic mass is 32.1. The lowest BCUT2D eigenvalue weighted by atomic mass is 10.0. The van der Waals surface area contributed by atoms with Crippen molar-refractivity contribution in [1.82, 2.24) is 10.2 Å². The van der Waals surface area contributed by atoms with E-state index in [0.717, 1.165) is 52.0 Å². The average molecular weight is 514 g/mol. The highest BCUT2D eigenvalue weighted by Gasteiger charge is 2.33. The quantitative estimate of drug-likeness (QED) is 0.276. The number of anilines is 1. The van der Waals surface area contributed by atoms with Crippen molar-refractivity contribution in [1.29, 1.82) is 0 Å². The van der Waals surface area contributed by atoms with Crippen LogP contribution in [0, 0.1) is 0 Å². The molecule has 6 rings (SSSR count). The van der Waals surface area contributed by atoms with E-state index < -0.39 is 12.1 Å². The summed E-state index contributed by atoms with van der Waals surface area (Å²) in [6, 6.07) is 18.7. The molecule has 0 saturated carbocycles. The van der Waals surface area contributed by atoms with E-state index in [1.807, 2.05) is 55.5 Å². The van der Waals surface area contributed by atoms with Gasteiger partial charge in [-0.25, -0.2) is 4.79 Å². The van der Waals surface area contributed by atoms with Crippen LogP contribution in [0.5, 0.6) is 11.5 Å². The molecule has 0 radical (unpaired) electrons. The number of likely N-dealkylation sites (N-methyl/N-ethyl adjacent to an activating group) is 1. The average Bonchev–Trinajstić information content (AvgIpc) is 3.27. The summed E-state index contributed by atoms with van der Waals surface area (Å²) in [5, 5.41) is 9.29. The van der Waals surface area contributed by atoms with Gasteiger partial charge < -0.3 is 25.0 Å². The topological polar surface area (TPSA) is 79.9 Å². The van der Waals surface area contributed by atoms with E-state index in [1.54, 1.807) is 23.5 Å². The number of thiophene rings is 1. The predicted molar refractivity (Wildman–Crippen MR) is 145 cm³/mol. The van der Waals surface area contributed by atoms with Crippen molar-refractivity contribution < 1.29 is 19.1 Å². The van der Waals surface area contributed by atoms with Crippen LogP contribution in [0.2, 0.25) is 0 Å². The zero-order valence-corrected chi connectivity index (χ0v) is 21.5. The molecule has 2 aliphatic rings. The summed E-state index contributed by atoms with van der Waals surface area (Å²) in [5.41, 5.74) is 3.24. The molecule has 7 nitrogen and oxygen atoms in total. The predicted octanol–water partition coefficient (Wildman–Crippen LogP) is 5.36. The van der Waals surface area contributed by atoms with Gasteiger partial charge in [0, 0.05) is 18.0 Å². The van der Waals surface area contributed by atoms with E-state index in [9.17, 15) is 9.59 Å². The number of nitrogens with one attached hydrogen (secondary N) is 2. The number of esters is 1. The van der Waals surface area contributed by atoms with Gasteiger partial charge in [-0.2, -0.15) is 0 Å². The molecule has 37 heavy (non-hydrogen) atoms. The standard InChI is InChI=1S/C29H27N3O4S/c1-3-35-23-15-18(26-30-27(33)25-21-13-14-32(2)16-24(21)37-28(25)31-26)11-12-22(23)36-29(34)20-10-6-8-17-7-4-5-9-19(17)20/h4-12,15,26,31H,3,13-14,16H2,1-2H3,(H,30,33)/t26-/m0/s1. The molecular formula is C29H27N3O4S. The molecule has 2 aliphatic heterocycles. The number of ether oxygens (including phenoxy) is 2. The summed E-state index contributed by atoms with van der Waals surface area (Å²) in [6.07, 6.45) is 0.461. The number of benzene rings is 3. The summed E-state index contributed by atoms with van der Waals surface area (Å²) in [7, 11) is 2.10. The molecule has 0 spiro atoms. The zero-order valence-electron chi connectivity index (χ0n) is 20.7. The Bertz CT molecular complexity index is 1520. The number of rotatable bonds is 5. The number of carbonyl (C=O) groups excluding carboxylic acids is 2. The van der Waals surface area contributed by atoms with Crippen molar-refractivity contribution in [2.24, 2.45) is 0 Å². The van der Waals surface area contributed by atoms with Crippen molar-refractivity contribution in [3.05, 3.63) is 87.8 Å². The minimum absolute atomic E-state index is 0.0646. The number of carbonyl (C=O) groups is 2. The van der Waals surface area contributed by atoms with E-state index in [-0.39, 0.29) is 5.91 Å². The Morgan fingerprint density at radius 3 is 2.78 bits per heavy atom. The number of hydrogen-bond donors (Lipinski definition) is 2. The fraction of sp³-hybridized carbons (Fsp3) is 0.241. The highest BCUT2D eigenvalue weighted by molar-refractivity contribution is 7.16. The molecule has 0 aliphatic carbocycles. The maximum absolute atomic E-state index is 13.1. The lowest BCUT2D eigenvalue weighted by Crippen LogP contribution is -2.38. The second-order valence-electron chi connectivity index (χ2n) is 9.30. The molecule has 2 N–H and O–H groups in total. The second kappa shape index (κ2) is 9.53. The minimum atomic E-state index is -0.451. The van der Waals surface area contributed by atoms with Crippen LogP contribution < -0.4 is 20.1 Å². The van der Waals surface area contributed by atoms with E-state index in [0.29, 0.717) is 23.7 Å². The first-order valence-corrected chi connectivity index (χ1v) is 13.2. The van der Waals surface area contributed by atoms with Gasteiger partial charge in [-0.15, -0.1) is 11.3 Å². The molecule has 0 fully saturated rings. The normalized spacial score (nSPS) is 16.9. The Hall–Kier alpha value is -3.88. The van der Waals surface area contributed by atoms with E-state index in [4.69, 9.17) is 9.47 Å². The van der Waals surface area contributed by atoms with Gasteiger partial charge >= 0.3 is 5.97 Å². The monoisotopic (exact) mass is 513 g/mol. The summed E-state index contributed by atoms with van der Waals surface area (Å²) in [4.78, 5) is 29.7. The van der Waals surface area contributed by atoms with Crippen LogP contribution in [0.3, 0.4) is 0 Å². The molecule has 188 valence electrons. The largest absolute Gasteiger partial charge is 0.490 e. The van der Waals surface area contributed by atoms with Crippen LogP contribution >= 0.6 is 11.3 Å². The number of hydrogen-bond acceptors (Lipinski definition) is 7. The number of amides is 1. The van der Waals surface area contributed by atoms with Crippen molar-refractivity contribution in [3.8, 4) is 11.5 Å². The molecule has 0 unspecified atom stereocenters. The first-order chi connectivity index (χ1) is 18.0.